The summed E-state index contributed by atoms with van der Waals surface area (Å²) in [7, 11) is 0. The van der Waals surface area contributed by atoms with Crippen molar-refractivity contribution in [3.63, 3.8) is 0 Å². The average Bonchev–Trinajstić information content (AvgIpc) is 2.46. The number of hydrogen-bond acceptors (Lipinski definition) is 2. The van der Waals surface area contributed by atoms with E-state index in [2.05, 4.69) is 22.0 Å². The zero-order chi connectivity index (χ0) is 12.2. The standard InChI is InChI=1S/C16H10N2/c1-2-6-13(7-3-1)10-11-15-12-14-8-4-5-9-16(14)18-17-15/h1-9,12H. The number of fused-ring (bicyclic) bond motifs is 1. The number of hydrogen-bond donors (Lipinski definition) is 0. The second-order valence-corrected chi connectivity index (χ2v) is 3.90. The molecule has 0 amide bonds. The SMILES string of the molecule is C(#Cc1cc2ccccc2nn1)c1ccccc1. The van der Waals surface area contributed by atoms with Gasteiger partial charge in [-0.15, -0.1) is 10.2 Å². The molecule has 1 heterocycles. The minimum absolute atomic E-state index is 0.692. The molecule has 0 saturated heterocycles. The fourth-order valence-corrected chi connectivity index (χ4v) is 1.70. The molecule has 0 radical (unpaired) electrons. The van der Waals surface area contributed by atoms with E-state index >= 15 is 0 Å². The summed E-state index contributed by atoms with van der Waals surface area (Å²) >= 11 is 0. The maximum Gasteiger partial charge on any atom is 0.136 e. The van der Waals surface area contributed by atoms with E-state index in [1.807, 2.05) is 60.7 Å². The summed E-state index contributed by atoms with van der Waals surface area (Å²) in [5.41, 5.74) is 2.56. The van der Waals surface area contributed by atoms with E-state index in [4.69, 9.17) is 0 Å². The third-order valence-electron chi connectivity index (χ3n) is 2.60. The second-order valence-electron chi connectivity index (χ2n) is 3.90. The number of benzene rings is 2. The molecule has 2 aromatic carbocycles. The lowest BCUT2D eigenvalue weighted by atomic mass is 10.2. The van der Waals surface area contributed by atoms with Crippen molar-refractivity contribution >= 4 is 10.9 Å². The lowest BCUT2D eigenvalue weighted by Gasteiger charge is -1.95. The Morgan fingerprint density at radius 1 is 0.722 bits per heavy atom. The van der Waals surface area contributed by atoms with Gasteiger partial charge in [-0.05, 0) is 30.2 Å². The third kappa shape index (κ3) is 2.21. The van der Waals surface area contributed by atoms with Gasteiger partial charge >= 0.3 is 0 Å². The van der Waals surface area contributed by atoms with Gasteiger partial charge in [0.15, 0.2) is 0 Å². The Labute approximate surface area is 105 Å². The van der Waals surface area contributed by atoms with Crippen LogP contribution in [0.4, 0.5) is 0 Å². The van der Waals surface area contributed by atoms with Crippen LogP contribution in [0.3, 0.4) is 0 Å². The first kappa shape index (κ1) is 10.5. The molecule has 18 heavy (non-hydrogen) atoms. The summed E-state index contributed by atoms with van der Waals surface area (Å²) in [5.74, 6) is 6.10. The number of nitrogens with zero attached hydrogens (tertiary/aromatic N) is 2. The minimum atomic E-state index is 0.692. The summed E-state index contributed by atoms with van der Waals surface area (Å²) in [6.45, 7) is 0. The Kier molecular flexibility index (Phi) is 2.73. The summed E-state index contributed by atoms with van der Waals surface area (Å²) < 4.78 is 0. The molecule has 0 unspecified atom stereocenters. The predicted octanol–water partition coefficient (Wildman–Crippen LogP) is 3.03. The van der Waals surface area contributed by atoms with Crippen molar-refractivity contribution in [2.75, 3.05) is 0 Å². The topological polar surface area (TPSA) is 25.8 Å². The average molecular weight is 230 g/mol. The van der Waals surface area contributed by atoms with Gasteiger partial charge in [-0.1, -0.05) is 42.3 Å². The molecule has 2 nitrogen and oxygen atoms in total. The monoisotopic (exact) mass is 230 g/mol. The largest absolute Gasteiger partial charge is 0.149 e. The maximum atomic E-state index is 4.14. The molecule has 0 atom stereocenters. The number of aromatic nitrogens is 2. The first-order chi connectivity index (χ1) is 8.92. The molecule has 0 aliphatic rings. The molecule has 0 fully saturated rings. The normalized spacial score (nSPS) is 9.78. The Hall–Kier alpha value is -2.66. The summed E-state index contributed by atoms with van der Waals surface area (Å²) in [6, 6.07) is 19.7. The lowest BCUT2D eigenvalue weighted by molar-refractivity contribution is 1.06. The molecule has 0 bridgehead atoms. The van der Waals surface area contributed by atoms with Crippen molar-refractivity contribution in [1.82, 2.24) is 10.2 Å². The van der Waals surface area contributed by atoms with E-state index in [1.165, 1.54) is 0 Å². The molecule has 84 valence electrons. The van der Waals surface area contributed by atoms with Crippen LogP contribution < -0.4 is 0 Å². The van der Waals surface area contributed by atoms with Gasteiger partial charge in [-0.25, -0.2) is 0 Å². The third-order valence-corrected chi connectivity index (χ3v) is 2.60. The molecule has 3 rings (SSSR count). The van der Waals surface area contributed by atoms with Gasteiger partial charge in [0.1, 0.15) is 5.69 Å². The molecule has 1 aromatic heterocycles. The molecule has 3 aromatic rings. The van der Waals surface area contributed by atoms with E-state index in [0.29, 0.717) is 5.69 Å². The molecular weight excluding hydrogens is 220 g/mol. The second kappa shape index (κ2) is 4.68. The van der Waals surface area contributed by atoms with Crippen molar-refractivity contribution < 1.29 is 0 Å². The van der Waals surface area contributed by atoms with Crippen LogP contribution in [0.25, 0.3) is 10.9 Å². The van der Waals surface area contributed by atoms with Crippen LogP contribution >= 0.6 is 0 Å². The highest BCUT2D eigenvalue weighted by Gasteiger charge is 1.95. The van der Waals surface area contributed by atoms with Crippen LogP contribution in [0.15, 0.2) is 60.7 Å². The van der Waals surface area contributed by atoms with Crippen molar-refractivity contribution in [2.45, 2.75) is 0 Å². The Morgan fingerprint density at radius 2 is 1.50 bits per heavy atom. The summed E-state index contributed by atoms with van der Waals surface area (Å²) in [4.78, 5) is 0. The number of rotatable bonds is 0. The van der Waals surface area contributed by atoms with Crippen LogP contribution in [0, 0.1) is 11.8 Å². The molecule has 0 spiro atoms. The Bertz CT molecular complexity index is 737. The first-order valence-electron chi connectivity index (χ1n) is 5.71. The highest BCUT2D eigenvalue weighted by Crippen LogP contribution is 2.10. The van der Waals surface area contributed by atoms with Gasteiger partial charge in [-0.2, -0.15) is 0 Å². The zero-order valence-corrected chi connectivity index (χ0v) is 9.67. The van der Waals surface area contributed by atoms with Crippen LogP contribution in [0.2, 0.25) is 0 Å². The van der Waals surface area contributed by atoms with Crippen molar-refractivity contribution in [2.24, 2.45) is 0 Å². The van der Waals surface area contributed by atoms with Gasteiger partial charge in [-0.3, -0.25) is 0 Å². The predicted molar refractivity (Wildman–Crippen MR) is 72.0 cm³/mol. The van der Waals surface area contributed by atoms with Crippen LogP contribution in [-0.4, -0.2) is 10.2 Å². The van der Waals surface area contributed by atoms with Crippen molar-refractivity contribution in [3.8, 4) is 11.8 Å². The van der Waals surface area contributed by atoms with Gasteiger partial charge < -0.3 is 0 Å². The Morgan fingerprint density at radius 3 is 2.39 bits per heavy atom. The van der Waals surface area contributed by atoms with E-state index < -0.39 is 0 Å². The van der Waals surface area contributed by atoms with Gasteiger partial charge in [0.25, 0.3) is 0 Å². The highest BCUT2D eigenvalue weighted by molar-refractivity contribution is 5.78. The fraction of sp³-hybridized carbons (Fsp3) is 0. The maximum absolute atomic E-state index is 4.14. The molecule has 0 saturated carbocycles. The van der Waals surface area contributed by atoms with Gasteiger partial charge in [0.2, 0.25) is 0 Å². The van der Waals surface area contributed by atoms with E-state index in [1.54, 1.807) is 0 Å². The zero-order valence-electron chi connectivity index (χ0n) is 9.67. The van der Waals surface area contributed by atoms with Gasteiger partial charge in [0.05, 0.1) is 5.52 Å². The summed E-state index contributed by atoms with van der Waals surface area (Å²) in [5, 5.41) is 9.30. The molecule has 0 aliphatic heterocycles. The smallest absolute Gasteiger partial charge is 0.136 e. The molecule has 0 aliphatic carbocycles. The molecular formula is C16H10N2. The molecule has 2 heteroatoms. The highest BCUT2D eigenvalue weighted by atomic mass is 15.1. The lowest BCUT2D eigenvalue weighted by Crippen LogP contribution is -1.88. The summed E-state index contributed by atoms with van der Waals surface area (Å²) in [6.07, 6.45) is 0. The van der Waals surface area contributed by atoms with Crippen LogP contribution in [0.5, 0.6) is 0 Å². The minimum Gasteiger partial charge on any atom is -0.149 e. The molecule has 0 N–H and O–H groups in total. The van der Waals surface area contributed by atoms with E-state index in [0.717, 1.165) is 16.5 Å². The van der Waals surface area contributed by atoms with Crippen molar-refractivity contribution in [1.29, 1.82) is 0 Å². The fourth-order valence-electron chi connectivity index (χ4n) is 1.70. The van der Waals surface area contributed by atoms with Crippen molar-refractivity contribution in [3.05, 3.63) is 71.9 Å². The van der Waals surface area contributed by atoms with E-state index in [-0.39, 0.29) is 0 Å². The van der Waals surface area contributed by atoms with Crippen LogP contribution in [-0.2, 0) is 0 Å². The van der Waals surface area contributed by atoms with Gasteiger partial charge in [0, 0.05) is 10.9 Å². The quantitative estimate of drug-likeness (QED) is 0.555. The van der Waals surface area contributed by atoms with E-state index in [9.17, 15) is 0 Å². The Balaban J connectivity index is 1.99. The van der Waals surface area contributed by atoms with Crippen LogP contribution in [0.1, 0.15) is 11.3 Å². The first-order valence-corrected chi connectivity index (χ1v) is 5.71.